The standard InChI is InChI=1S/C14H12F2N4/c1-9-5-20-11(7-19-9)6-18-8-12-13(15)2-10(4-17)3-14(12)16/h2-3,5,7,18H,6,8H2,1H3. The van der Waals surface area contributed by atoms with E-state index < -0.39 is 11.6 Å². The third-order valence-corrected chi connectivity index (χ3v) is 2.71. The summed E-state index contributed by atoms with van der Waals surface area (Å²) in [6.07, 6.45) is 3.23. The van der Waals surface area contributed by atoms with Crippen LogP contribution in [0.15, 0.2) is 24.5 Å². The predicted octanol–water partition coefficient (Wildman–Crippen LogP) is 2.22. The second kappa shape index (κ2) is 6.17. The fourth-order valence-electron chi connectivity index (χ4n) is 1.66. The largest absolute Gasteiger partial charge is 0.307 e. The Morgan fingerprint density at radius 2 is 1.85 bits per heavy atom. The Kier molecular flexibility index (Phi) is 4.33. The number of hydrogen-bond acceptors (Lipinski definition) is 4. The summed E-state index contributed by atoms with van der Waals surface area (Å²) in [6, 6.07) is 3.74. The molecule has 0 saturated heterocycles. The second-order valence-electron chi connectivity index (χ2n) is 4.28. The summed E-state index contributed by atoms with van der Waals surface area (Å²) in [7, 11) is 0. The molecule has 102 valence electrons. The lowest BCUT2D eigenvalue weighted by Gasteiger charge is -2.07. The lowest BCUT2D eigenvalue weighted by atomic mass is 10.1. The van der Waals surface area contributed by atoms with Crippen molar-refractivity contribution in [3.63, 3.8) is 0 Å². The summed E-state index contributed by atoms with van der Waals surface area (Å²) in [4.78, 5) is 8.20. The SMILES string of the molecule is Cc1cnc(CNCc2c(F)cc(C#N)cc2F)cn1. The molecule has 2 aromatic rings. The minimum Gasteiger partial charge on any atom is -0.307 e. The second-order valence-corrected chi connectivity index (χ2v) is 4.28. The Morgan fingerprint density at radius 3 is 2.40 bits per heavy atom. The Morgan fingerprint density at radius 1 is 1.15 bits per heavy atom. The molecule has 20 heavy (non-hydrogen) atoms. The van der Waals surface area contributed by atoms with Crippen molar-refractivity contribution < 1.29 is 8.78 Å². The first-order chi connectivity index (χ1) is 9.60. The number of hydrogen-bond donors (Lipinski definition) is 1. The van der Waals surface area contributed by atoms with Crippen molar-refractivity contribution in [2.24, 2.45) is 0 Å². The van der Waals surface area contributed by atoms with E-state index in [1.165, 1.54) is 0 Å². The summed E-state index contributed by atoms with van der Waals surface area (Å²) in [5.41, 5.74) is 1.36. The Labute approximate surface area is 115 Å². The summed E-state index contributed by atoms with van der Waals surface area (Å²) >= 11 is 0. The van der Waals surface area contributed by atoms with Gasteiger partial charge in [-0.15, -0.1) is 0 Å². The third kappa shape index (κ3) is 3.33. The number of aryl methyl sites for hydroxylation is 1. The average Bonchev–Trinajstić information content (AvgIpc) is 2.43. The highest BCUT2D eigenvalue weighted by atomic mass is 19.1. The molecule has 0 fully saturated rings. The average molecular weight is 274 g/mol. The van der Waals surface area contributed by atoms with E-state index in [1.807, 2.05) is 6.92 Å². The van der Waals surface area contributed by atoms with Crippen LogP contribution in [0.3, 0.4) is 0 Å². The molecular weight excluding hydrogens is 262 g/mol. The van der Waals surface area contributed by atoms with Crippen LogP contribution < -0.4 is 5.32 Å². The number of benzene rings is 1. The molecule has 0 saturated carbocycles. The predicted molar refractivity (Wildman–Crippen MR) is 68.4 cm³/mol. The molecule has 1 aromatic carbocycles. The minimum atomic E-state index is -0.732. The zero-order valence-corrected chi connectivity index (χ0v) is 10.8. The minimum absolute atomic E-state index is 0.0128. The van der Waals surface area contributed by atoms with Crippen LogP contribution in [-0.2, 0) is 13.1 Å². The van der Waals surface area contributed by atoms with Gasteiger partial charge in [-0.2, -0.15) is 5.26 Å². The molecule has 6 heteroatoms. The van der Waals surface area contributed by atoms with Crippen LogP contribution in [0, 0.1) is 29.9 Å². The Bertz CT molecular complexity index is 624. The van der Waals surface area contributed by atoms with Gasteiger partial charge in [0.05, 0.1) is 23.0 Å². The highest BCUT2D eigenvalue weighted by molar-refractivity contribution is 5.34. The maximum Gasteiger partial charge on any atom is 0.131 e. The lowest BCUT2D eigenvalue weighted by molar-refractivity contribution is 0.533. The zero-order chi connectivity index (χ0) is 14.5. The molecule has 0 amide bonds. The van der Waals surface area contributed by atoms with Gasteiger partial charge in [-0.05, 0) is 19.1 Å². The number of halogens is 2. The van der Waals surface area contributed by atoms with E-state index in [-0.39, 0.29) is 17.7 Å². The highest BCUT2D eigenvalue weighted by Crippen LogP contribution is 2.15. The molecule has 1 aromatic heterocycles. The van der Waals surface area contributed by atoms with Gasteiger partial charge >= 0.3 is 0 Å². The maximum absolute atomic E-state index is 13.6. The van der Waals surface area contributed by atoms with Crippen LogP contribution >= 0.6 is 0 Å². The van der Waals surface area contributed by atoms with Crippen molar-refractivity contribution in [3.05, 3.63) is 58.7 Å². The van der Waals surface area contributed by atoms with Gasteiger partial charge in [0.25, 0.3) is 0 Å². The number of nitrogens with zero attached hydrogens (tertiary/aromatic N) is 3. The first kappa shape index (κ1) is 14.0. The van der Waals surface area contributed by atoms with Crippen molar-refractivity contribution in [2.45, 2.75) is 20.0 Å². The molecule has 0 atom stereocenters. The zero-order valence-electron chi connectivity index (χ0n) is 10.8. The van der Waals surface area contributed by atoms with E-state index in [0.29, 0.717) is 12.2 Å². The van der Waals surface area contributed by atoms with Gasteiger partial charge in [-0.3, -0.25) is 9.97 Å². The van der Waals surface area contributed by atoms with E-state index in [1.54, 1.807) is 18.5 Å². The van der Waals surface area contributed by atoms with Gasteiger partial charge in [0.15, 0.2) is 0 Å². The molecule has 0 bridgehead atoms. The van der Waals surface area contributed by atoms with E-state index in [4.69, 9.17) is 5.26 Å². The van der Waals surface area contributed by atoms with Crippen molar-refractivity contribution in [1.29, 1.82) is 5.26 Å². The van der Waals surface area contributed by atoms with Crippen LogP contribution in [-0.4, -0.2) is 9.97 Å². The van der Waals surface area contributed by atoms with Crippen LogP contribution in [0.1, 0.15) is 22.5 Å². The topological polar surface area (TPSA) is 61.6 Å². The molecule has 1 N–H and O–H groups in total. The highest BCUT2D eigenvalue weighted by Gasteiger charge is 2.10. The van der Waals surface area contributed by atoms with Crippen LogP contribution in [0.25, 0.3) is 0 Å². The van der Waals surface area contributed by atoms with Crippen LogP contribution in [0.5, 0.6) is 0 Å². The Hall–Kier alpha value is -2.39. The normalized spacial score (nSPS) is 10.3. The van der Waals surface area contributed by atoms with Crippen molar-refractivity contribution in [1.82, 2.24) is 15.3 Å². The van der Waals surface area contributed by atoms with Gasteiger partial charge in [-0.1, -0.05) is 0 Å². The van der Waals surface area contributed by atoms with Gasteiger partial charge in [0.1, 0.15) is 11.6 Å². The number of nitriles is 1. The molecule has 0 aliphatic carbocycles. The lowest BCUT2D eigenvalue weighted by Crippen LogP contribution is -2.16. The summed E-state index contributed by atoms with van der Waals surface area (Å²) in [5.74, 6) is -1.46. The van der Waals surface area contributed by atoms with Gasteiger partial charge in [0.2, 0.25) is 0 Å². The third-order valence-electron chi connectivity index (χ3n) is 2.71. The number of rotatable bonds is 4. The van der Waals surface area contributed by atoms with Crippen LogP contribution in [0.4, 0.5) is 8.78 Å². The Balaban J connectivity index is 2.01. The van der Waals surface area contributed by atoms with Gasteiger partial charge in [-0.25, -0.2) is 8.78 Å². The number of nitrogens with one attached hydrogen (secondary N) is 1. The van der Waals surface area contributed by atoms with Crippen molar-refractivity contribution >= 4 is 0 Å². The van der Waals surface area contributed by atoms with E-state index >= 15 is 0 Å². The quantitative estimate of drug-likeness (QED) is 0.928. The molecule has 0 aliphatic heterocycles. The molecule has 0 aliphatic rings. The monoisotopic (exact) mass is 274 g/mol. The van der Waals surface area contributed by atoms with Crippen molar-refractivity contribution in [2.75, 3.05) is 0 Å². The first-order valence-corrected chi connectivity index (χ1v) is 5.96. The van der Waals surface area contributed by atoms with E-state index in [9.17, 15) is 8.78 Å². The first-order valence-electron chi connectivity index (χ1n) is 5.96. The smallest absolute Gasteiger partial charge is 0.131 e. The molecular formula is C14H12F2N4. The molecule has 0 radical (unpaired) electrons. The van der Waals surface area contributed by atoms with E-state index in [2.05, 4.69) is 15.3 Å². The van der Waals surface area contributed by atoms with Gasteiger partial charge < -0.3 is 5.32 Å². The molecule has 0 spiro atoms. The van der Waals surface area contributed by atoms with Crippen molar-refractivity contribution in [3.8, 4) is 6.07 Å². The molecule has 2 rings (SSSR count). The summed E-state index contributed by atoms with van der Waals surface area (Å²) < 4.78 is 27.2. The fraction of sp³-hybridized carbons (Fsp3) is 0.214. The summed E-state index contributed by atoms with van der Waals surface area (Å²) in [5, 5.41) is 11.5. The maximum atomic E-state index is 13.6. The van der Waals surface area contributed by atoms with Gasteiger partial charge in [0, 0.05) is 31.0 Å². The van der Waals surface area contributed by atoms with E-state index in [0.717, 1.165) is 17.8 Å². The van der Waals surface area contributed by atoms with Crippen LogP contribution in [0.2, 0.25) is 0 Å². The number of aromatic nitrogens is 2. The summed E-state index contributed by atoms with van der Waals surface area (Å²) in [6.45, 7) is 2.19. The molecule has 4 nitrogen and oxygen atoms in total. The molecule has 0 unspecified atom stereocenters. The fourth-order valence-corrected chi connectivity index (χ4v) is 1.66. The molecule has 1 heterocycles.